The molecule has 2 amide bonds. The summed E-state index contributed by atoms with van der Waals surface area (Å²) in [6.07, 6.45) is 0.722. The molecule has 0 unspecified atom stereocenters. The smallest absolute Gasteiger partial charge is 0.333 e. The average molecular weight is 479 g/mol. The Hall–Kier alpha value is -3.95. The largest absolute Gasteiger partial charge is 0.489 e. The second-order valence-electron chi connectivity index (χ2n) is 8.57. The molecule has 1 aromatic rings. The maximum absolute atomic E-state index is 12.1. The number of aromatic nitrogens is 1. The van der Waals surface area contributed by atoms with Gasteiger partial charge < -0.3 is 18.9 Å². The lowest BCUT2D eigenvalue weighted by Crippen LogP contribution is -2.34. The molecule has 0 radical (unpaired) electrons. The van der Waals surface area contributed by atoms with E-state index in [4.69, 9.17) is 19.0 Å². The van der Waals surface area contributed by atoms with E-state index in [1.807, 2.05) is 38.1 Å². The van der Waals surface area contributed by atoms with Crippen molar-refractivity contribution in [1.82, 2.24) is 10.0 Å². The number of carbonyl (C=O) groups excluding carboxylic acids is 3. The number of carbonyl (C=O) groups is 3. The van der Waals surface area contributed by atoms with Crippen LogP contribution in [0, 0.1) is 6.92 Å². The van der Waals surface area contributed by atoms with Crippen LogP contribution in [-0.2, 0) is 19.2 Å². The minimum atomic E-state index is -0.602. The summed E-state index contributed by atoms with van der Waals surface area (Å²) in [5.74, 6) is -0.196. The molecule has 1 aliphatic carbocycles. The van der Waals surface area contributed by atoms with E-state index >= 15 is 0 Å². The first kappa shape index (κ1) is 22.8. The summed E-state index contributed by atoms with van der Waals surface area (Å²) in [5, 5.41) is 1.47. The number of anilines is 1. The molecule has 10 heteroatoms. The van der Waals surface area contributed by atoms with Crippen molar-refractivity contribution in [3.8, 4) is 17.2 Å². The Morgan fingerprint density at radius 3 is 2.74 bits per heavy atom. The molecular formula is C25H26N4O6. The number of benzene rings is 2. The number of imide groups is 1. The molecule has 10 nitrogen and oxygen atoms in total. The fourth-order valence-corrected chi connectivity index (χ4v) is 4.33. The standard InChI is InChI=1S/C25H26N4O6/c1-3-26-16-12-20-17(11-15(16)2)27-18-13-22-19(14-21(18)34-20)28(9-10-33-22)8-4-5-25(32)35-29-23(30)6-7-24(29)31/h11-14H,3-10H2,1-2H3/b26-16-. The van der Waals surface area contributed by atoms with Crippen molar-refractivity contribution in [3.63, 3.8) is 0 Å². The zero-order valence-electron chi connectivity index (χ0n) is 19.7. The van der Waals surface area contributed by atoms with Crippen molar-refractivity contribution in [2.45, 2.75) is 39.5 Å². The van der Waals surface area contributed by atoms with Gasteiger partial charge in [0, 0.05) is 50.6 Å². The second kappa shape index (κ2) is 9.36. The Morgan fingerprint density at radius 2 is 1.97 bits per heavy atom. The van der Waals surface area contributed by atoms with Crippen LogP contribution in [0.25, 0.3) is 22.6 Å². The lowest BCUT2D eigenvalue weighted by molar-refractivity contribution is -0.197. The van der Waals surface area contributed by atoms with Crippen LogP contribution in [-0.4, -0.2) is 54.1 Å². The summed E-state index contributed by atoms with van der Waals surface area (Å²) >= 11 is 0. The number of nitrogens with zero attached hydrogens (tertiary/aromatic N) is 4. The SMILES string of the molecule is CC/N=c1/cc2oc3cc4c(cc3nc-2cc1C)OCCN4CCCC(=O)ON1C(=O)CCC1=O. The van der Waals surface area contributed by atoms with Crippen molar-refractivity contribution in [1.29, 1.82) is 0 Å². The highest BCUT2D eigenvalue weighted by atomic mass is 16.7. The van der Waals surface area contributed by atoms with Gasteiger partial charge in [-0.15, -0.1) is 5.06 Å². The first-order chi connectivity index (χ1) is 16.9. The summed E-state index contributed by atoms with van der Waals surface area (Å²) < 4.78 is 12.1. The highest BCUT2D eigenvalue weighted by Gasteiger charge is 2.32. The Kier molecular flexibility index (Phi) is 6.10. The minimum absolute atomic E-state index is 0.0775. The molecule has 0 saturated carbocycles. The monoisotopic (exact) mass is 478 g/mol. The molecular weight excluding hydrogens is 452 g/mol. The fourth-order valence-electron chi connectivity index (χ4n) is 4.33. The highest BCUT2D eigenvalue weighted by Crippen LogP contribution is 2.37. The Morgan fingerprint density at radius 1 is 1.17 bits per heavy atom. The van der Waals surface area contributed by atoms with Crippen LogP contribution in [0.1, 0.15) is 38.2 Å². The van der Waals surface area contributed by atoms with E-state index in [1.54, 1.807) is 0 Å². The van der Waals surface area contributed by atoms with Gasteiger partial charge in [0.25, 0.3) is 11.8 Å². The quantitative estimate of drug-likeness (QED) is 0.392. The third-order valence-electron chi connectivity index (χ3n) is 6.07. The molecule has 4 aliphatic rings. The molecule has 182 valence electrons. The zero-order chi connectivity index (χ0) is 24.5. The van der Waals surface area contributed by atoms with Gasteiger partial charge in [0.1, 0.15) is 23.6 Å². The van der Waals surface area contributed by atoms with Gasteiger partial charge in [0.15, 0.2) is 11.3 Å². The summed E-state index contributed by atoms with van der Waals surface area (Å²) in [6, 6.07) is 7.67. The lowest BCUT2D eigenvalue weighted by Gasteiger charge is -2.31. The van der Waals surface area contributed by atoms with Crippen LogP contribution < -0.4 is 15.0 Å². The van der Waals surface area contributed by atoms with Crippen LogP contribution in [0.4, 0.5) is 5.69 Å². The van der Waals surface area contributed by atoms with Gasteiger partial charge in [-0.25, -0.2) is 9.78 Å². The highest BCUT2D eigenvalue weighted by molar-refractivity contribution is 6.01. The van der Waals surface area contributed by atoms with Crippen LogP contribution in [0.3, 0.4) is 0 Å². The van der Waals surface area contributed by atoms with Crippen LogP contribution >= 0.6 is 0 Å². The number of hydrogen-bond donors (Lipinski definition) is 0. The van der Waals surface area contributed by atoms with E-state index in [9.17, 15) is 14.4 Å². The lowest BCUT2D eigenvalue weighted by atomic mass is 10.1. The van der Waals surface area contributed by atoms with E-state index in [0.717, 1.165) is 22.3 Å². The van der Waals surface area contributed by atoms with Gasteiger partial charge in [-0.1, -0.05) is 0 Å². The predicted octanol–water partition coefficient (Wildman–Crippen LogP) is 2.75. The molecule has 1 aromatic carbocycles. The number of aryl methyl sites for hydroxylation is 1. The van der Waals surface area contributed by atoms with Crippen molar-refractivity contribution in [2.24, 2.45) is 4.99 Å². The zero-order valence-corrected chi connectivity index (χ0v) is 19.7. The first-order valence-electron chi connectivity index (χ1n) is 11.8. The van der Waals surface area contributed by atoms with E-state index in [-0.39, 0.29) is 19.3 Å². The number of hydrogen-bond acceptors (Lipinski definition) is 9. The summed E-state index contributed by atoms with van der Waals surface area (Å²) in [6.45, 7) is 6.40. The summed E-state index contributed by atoms with van der Waals surface area (Å²) in [5.41, 5.74) is 3.98. The third-order valence-corrected chi connectivity index (χ3v) is 6.07. The molecule has 1 fully saturated rings. The molecule has 0 aromatic heterocycles. The normalized spacial score (nSPS) is 16.2. The van der Waals surface area contributed by atoms with Gasteiger partial charge in [-0.2, -0.15) is 0 Å². The van der Waals surface area contributed by atoms with Gasteiger partial charge in [-0.05, 0) is 31.9 Å². The van der Waals surface area contributed by atoms with Gasteiger partial charge in [0.2, 0.25) is 0 Å². The number of hydroxylamine groups is 2. The average Bonchev–Trinajstić information content (AvgIpc) is 3.14. The topological polar surface area (TPSA) is 115 Å². The fraction of sp³-hybridized carbons (Fsp3) is 0.400. The maximum atomic E-state index is 12.1. The predicted molar refractivity (Wildman–Crippen MR) is 126 cm³/mol. The molecule has 35 heavy (non-hydrogen) atoms. The van der Waals surface area contributed by atoms with Gasteiger partial charge >= 0.3 is 5.97 Å². The van der Waals surface area contributed by atoms with E-state index in [2.05, 4.69) is 9.89 Å². The molecule has 0 N–H and O–H groups in total. The molecule has 3 aliphatic heterocycles. The van der Waals surface area contributed by atoms with Gasteiger partial charge in [0.05, 0.1) is 17.6 Å². The first-order valence-corrected chi connectivity index (χ1v) is 11.8. The van der Waals surface area contributed by atoms with Crippen molar-refractivity contribution in [2.75, 3.05) is 31.1 Å². The number of amides is 2. The maximum Gasteiger partial charge on any atom is 0.333 e. The van der Waals surface area contributed by atoms with E-state index in [0.29, 0.717) is 60.3 Å². The number of fused-ring (bicyclic) bond motifs is 3. The third kappa shape index (κ3) is 4.55. The van der Waals surface area contributed by atoms with Gasteiger partial charge in [-0.3, -0.25) is 14.6 Å². The van der Waals surface area contributed by atoms with Crippen LogP contribution in [0.15, 0.2) is 33.7 Å². The molecule has 5 rings (SSSR count). The number of ether oxygens (including phenoxy) is 1. The number of rotatable bonds is 6. The van der Waals surface area contributed by atoms with E-state index in [1.165, 1.54) is 0 Å². The van der Waals surface area contributed by atoms with E-state index < -0.39 is 17.8 Å². The Balaban J connectivity index is 1.34. The molecule has 0 spiro atoms. The summed E-state index contributed by atoms with van der Waals surface area (Å²) in [7, 11) is 0. The Labute approximate surface area is 201 Å². The van der Waals surface area contributed by atoms with Crippen molar-refractivity contribution >= 4 is 34.6 Å². The summed E-state index contributed by atoms with van der Waals surface area (Å²) in [4.78, 5) is 51.7. The molecule has 1 saturated heterocycles. The molecule has 0 atom stereocenters. The Bertz CT molecular complexity index is 1350. The minimum Gasteiger partial charge on any atom is -0.489 e. The van der Waals surface area contributed by atoms with Crippen LogP contribution in [0.2, 0.25) is 0 Å². The second-order valence-corrected chi connectivity index (χ2v) is 8.57. The van der Waals surface area contributed by atoms with Crippen molar-refractivity contribution in [3.05, 3.63) is 35.2 Å². The van der Waals surface area contributed by atoms with Crippen LogP contribution in [0.5, 0.6) is 5.75 Å². The molecule has 3 heterocycles. The molecule has 0 bridgehead atoms. The van der Waals surface area contributed by atoms with Crippen molar-refractivity contribution < 1.29 is 28.4 Å².